The Labute approximate surface area is 166 Å². The van der Waals surface area contributed by atoms with Gasteiger partial charge in [-0.05, 0) is 53.9 Å². The summed E-state index contributed by atoms with van der Waals surface area (Å²) in [5.74, 6) is -3.16. The number of ether oxygens (including phenoxy) is 1. The van der Waals surface area contributed by atoms with Crippen LogP contribution in [0.1, 0.15) is 37.4 Å². The largest absolute Gasteiger partial charge is 0.376 e. The zero-order valence-electron chi connectivity index (χ0n) is 15.4. The van der Waals surface area contributed by atoms with Gasteiger partial charge in [-0.15, -0.1) is 0 Å². The molecule has 1 heterocycles. The maximum atomic E-state index is 13.5. The lowest BCUT2D eigenvalue weighted by atomic mass is 9.97. The Morgan fingerprint density at radius 1 is 0.862 bits per heavy atom. The van der Waals surface area contributed by atoms with E-state index in [-0.39, 0.29) is 16.7 Å². The number of rotatable bonds is 4. The van der Waals surface area contributed by atoms with E-state index in [0.717, 1.165) is 29.7 Å². The van der Waals surface area contributed by atoms with Crippen molar-refractivity contribution in [2.45, 2.75) is 13.0 Å². The lowest BCUT2D eigenvalue weighted by Gasteiger charge is -2.17. The van der Waals surface area contributed by atoms with Crippen molar-refractivity contribution in [2.75, 3.05) is 11.9 Å². The van der Waals surface area contributed by atoms with Crippen LogP contribution >= 0.6 is 0 Å². The van der Waals surface area contributed by atoms with Crippen LogP contribution in [0.5, 0.6) is 0 Å². The van der Waals surface area contributed by atoms with Crippen LogP contribution in [0.4, 0.5) is 14.5 Å². The molecule has 1 aliphatic rings. The number of hydrogen-bond donors (Lipinski definition) is 1. The first-order chi connectivity index (χ1) is 14.0. The van der Waals surface area contributed by atoms with Gasteiger partial charge in [0.2, 0.25) is 0 Å². The van der Waals surface area contributed by atoms with Crippen LogP contribution < -0.4 is 5.32 Å². The molecule has 146 valence electrons. The maximum absolute atomic E-state index is 13.5. The van der Waals surface area contributed by atoms with Crippen molar-refractivity contribution in [3.05, 3.63) is 100 Å². The zero-order valence-corrected chi connectivity index (χ0v) is 15.4. The van der Waals surface area contributed by atoms with Gasteiger partial charge in [-0.25, -0.2) is 8.78 Å². The highest BCUT2D eigenvalue weighted by Gasteiger charge is 2.20. The Morgan fingerprint density at radius 2 is 1.66 bits per heavy atom. The topological polar surface area (TPSA) is 55.4 Å². The summed E-state index contributed by atoms with van der Waals surface area (Å²) < 4.78 is 32.1. The summed E-state index contributed by atoms with van der Waals surface area (Å²) in [7, 11) is 0. The fourth-order valence-electron chi connectivity index (χ4n) is 3.31. The molecule has 6 heteroatoms. The number of carbonyl (C=O) groups is 2. The summed E-state index contributed by atoms with van der Waals surface area (Å²) in [5, 5.41) is 2.81. The van der Waals surface area contributed by atoms with E-state index in [9.17, 15) is 18.4 Å². The van der Waals surface area contributed by atoms with Crippen LogP contribution in [-0.2, 0) is 17.8 Å². The van der Waals surface area contributed by atoms with E-state index >= 15 is 0 Å². The molecule has 0 radical (unpaired) electrons. The van der Waals surface area contributed by atoms with Crippen molar-refractivity contribution in [3.8, 4) is 0 Å². The SMILES string of the molecule is O=C(Nc1ccc2c(c1)CCOC2)c1ccccc1C(=O)c1ccc(F)c(F)c1. The van der Waals surface area contributed by atoms with E-state index in [1.54, 1.807) is 18.2 Å². The summed E-state index contributed by atoms with van der Waals surface area (Å²) in [6.45, 7) is 1.19. The first-order valence-corrected chi connectivity index (χ1v) is 9.12. The van der Waals surface area contributed by atoms with E-state index in [2.05, 4.69) is 5.32 Å². The number of ketones is 1. The number of nitrogens with one attached hydrogen (secondary N) is 1. The van der Waals surface area contributed by atoms with E-state index < -0.39 is 23.3 Å². The number of benzene rings is 3. The molecule has 0 spiro atoms. The fourth-order valence-corrected chi connectivity index (χ4v) is 3.31. The van der Waals surface area contributed by atoms with Crippen LogP contribution in [-0.4, -0.2) is 18.3 Å². The number of carbonyl (C=O) groups excluding carboxylic acids is 2. The molecule has 0 saturated carbocycles. The van der Waals surface area contributed by atoms with Gasteiger partial charge in [0, 0.05) is 16.8 Å². The van der Waals surface area contributed by atoms with Crippen molar-refractivity contribution in [3.63, 3.8) is 0 Å². The molecule has 3 aromatic carbocycles. The minimum atomic E-state index is -1.11. The third-order valence-electron chi connectivity index (χ3n) is 4.84. The number of hydrogen-bond acceptors (Lipinski definition) is 3. The first kappa shape index (κ1) is 19.0. The molecule has 0 saturated heterocycles. The van der Waals surface area contributed by atoms with Crippen LogP contribution in [0.2, 0.25) is 0 Å². The van der Waals surface area contributed by atoms with Gasteiger partial charge in [-0.2, -0.15) is 0 Å². The average Bonchev–Trinajstić information content (AvgIpc) is 2.75. The average molecular weight is 393 g/mol. The van der Waals surface area contributed by atoms with Gasteiger partial charge in [0.25, 0.3) is 5.91 Å². The number of fused-ring (bicyclic) bond motifs is 1. The molecule has 0 fully saturated rings. The zero-order chi connectivity index (χ0) is 20.4. The number of halogens is 2. The number of amides is 1. The third-order valence-corrected chi connectivity index (χ3v) is 4.84. The Morgan fingerprint density at radius 3 is 2.45 bits per heavy atom. The molecule has 0 aromatic heterocycles. The van der Waals surface area contributed by atoms with Crippen LogP contribution in [0.15, 0.2) is 60.7 Å². The summed E-state index contributed by atoms with van der Waals surface area (Å²) in [4.78, 5) is 25.6. The number of anilines is 1. The van der Waals surface area contributed by atoms with E-state index in [4.69, 9.17) is 4.74 Å². The van der Waals surface area contributed by atoms with Gasteiger partial charge < -0.3 is 10.1 Å². The summed E-state index contributed by atoms with van der Waals surface area (Å²) in [6, 6.07) is 14.8. The van der Waals surface area contributed by atoms with Gasteiger partial charge >= 0.3 is 0 Å². The molecule has 1 N–H and O–H groups in total. The molecular formula is C23H17F2NO3. The lowest BCUT2D eigenvalue weighted by Crippen LogP contribution is -2.18. The van der Waals surface area contributed by atoms with Crippen LogP contribution in [0.3, 0.4) is 0 Å². The van der Waals surface area contributed by atoms with E-state index in [1.165, 1.54) is 18.2 Å². The second-order valence-corrected chi connectivity index (χ2v) is 6.74. The molecule has 3 aromatic rings. The minimum absolute atomic E-state index is 0.0297. The first-order valence-electron chi connectivity index (χ1n) is 9.12. The Kier molecular flexibility index (Phi) is 5.18. The fraction of sp³-hybridized carbons (Fsp3) is 0.130. The van der Waals surface area contributed by atoms with E-state index in [0.29, 0.717) is 18.9 Å². The van der Waals surface area contributed by atoms with Crippen molar-refractivity contribution in [1.82, 2.24) is 0 Å². The summed E-state index contributed by atoms with van der Waals surface area (Å²) in [5.41, 5.74) is 3.05. The molecule has 0 bridgehead atoms. The quantitative estimate of drug-likeness (QED) is 0.663. The Hall–Kier alpha value is -3.38. The predicted octanol–water partition coefficient (Wildman–Crippen LogP) is 4.52. The smallest absolute Gasteiger partial charge is 0.256 e. The Balaban J connectivity index is 1.61. The Bertz CT molecular complexity index is 1110. The molecular weight excluding hydrogens is 376 g/mol. The lowest BCUT2D eigenvalue weighted by molar-refractivity contribution is 0.0996. The van der Waals surface area contributed by atoms with Gasteiger partial charge in [0.15, 0.2) is 17.4 Å². The molecule has 0 atom stereocenters. The molecule has 4 rings (SSSR count). The highest BCUT2D eigenvalue weighted by atomic mass is 19.2. The molecule has 1 aliphatic heterocycles. The second-order valence-electron chi connectivity index (χ2n) is 6.74. The predicted molar refractivity (Wildman–Crippen MR) is 104 cm³/mol. The summed E-state index contributed by atoms with van der Waals surface area (Å²) >= 11 is 0. The van der Waals surface area contributed by atoms with Crippen molar-refractivity contribution < 1.29 is 23.1 Å². The van der Waals surface area contributed by atoms with Gasteiger partial charge in [0.1, 0.15) is 0 Å². The molecule has 1 amide bonds. The van der Waals surface area contributed by atoms with Gasteiger partial charge in [-0.1, -0.05) is 24.3 Å². The van der Waals surface area contributed by atoms with Gasteiger partial charge in [0.05, 0.1) is 18.8 Å². The highest BCUT2D eigenvalue weighted by molar-refractivity contribution is 6.17. The second kappa shape index (κ2) is 7.93. The molecule has 0 aliphatic carbocycles. The van der Waals surface area contributed by atoms with Crippen LogP contribution in [0.25, 0.3) is 0 Å². The van der Waals surface area contributed by atoms with Gasteiger partial charge in [-0.3, -0.25) is 9.59 Å². The van der Waals surface area contributed by atoms with E-state index in [1.807, 2.05) is 12.1 Å². The molecule has 29 heavy (non-hydrogen) atoms. The molecule has 0 unspecified atom stereocenters. The highest BCUT2D eigenvalue weighted by Crippen LogP contribution is 2.23. The summed E-state index contributed by atoms with van der Waals surface area (Å²) in [6.07, 6.45) is 0.768. The van der Waals surface area contributed by atoms with Crippen LogP contribution in [0, 0.1) is 11.6 Å². The monoisotopic (exact) mass is 393 g/mol. The van der Waals surface area contributed by atoms with Crippen molar-refractivity contribution >= 4 is 17.4 Å². The standard InChI is InChI=1S/C23H17F2NO3/c24-20-8-6-15(12-21(20)25)22(27)18-3-1-2-4-19(18)23(28)26-17-7-5-16-13-29-10-9-14(16)11-17/h1-8,11-12H,9-10,13H2,(H,26,28). The third kappa shape index (κ3) is 3.93. The molecule has 4 nitrogen and oxygen atoms in total. The van der Waals surface area contributed by atoms with Crippen molar-refractivity contribution in [2.24, 2.45) is 0 Å². The van der Waals surface area contributed by atoms with Crippen molar-refractivity contribution in [1.29, 1.82) is 0 Å². The maximum Gasteiger partial charge on any atom is 0.256 e. The minimum Gasteiger partial charge on any atom is -0.376 e. The normalized spacial score (nSPS) is 12.9.